The van der Waals surface area contributed by atoms with Gasteiger partial charge in [0.1, 0.15) is 5.75 Å². The summed E-state index contributed by atoms with van der Waals surface area (Å²) in [7, 11) is 0. The van der Waals surface area contributed by atoms with Crippen molar-refractivity contribution in [1.82, 2.24) is 0 Å². The summed E-state index contributed by atoms with van der Waals surface area (Å²) >= 11 is 6.18. The molecule has 20 heavy (non-hydrogen) atoms. The van der Waals surface area contributed by atoms with Crippen LogP contribution in [0.25, 0.3) is 0 Å². The molecule has 0 aliphatic carbocycles. The van der Waals surface area contributed by atoms with Crippen LogP contribution in [-0.2, 0) is 0 Å². The normalized spacial score (nSPS) is 10.9. The first-order valence-electron chi connectivity index (χ1n) is 6.72. The first kappa shape index (κ1) is 14.6. The topological polar surface area (TPSA) is 21.6 Å². The zero-order chi connectivity index (χ0) is 14.4. The fourth-order valence-electron chi connectivity index (χ4n) is 1.71. The Bertz CT molecular complexity index is 590. The second-order valence-corrected chi connectivity index (χ2v) is 5.04. The van der Waals surface area contributed by atoms with E-state index in [2.05, 4.69) is 18.8 Å². The first-order valence-corrected chi connectivity index (χ1v) is 7.10. The van der Waals surface area contributed by atoms with Crippen molar-refractivity contribution in [3.05, 3.63) is 58.6 Å². The molecule has 0 saturated heterocycles. The van der Waals surface area contributed by atoms with Crippen molar-refractivity contribution in [3.8, 4) is 5.75 Å². The fraction of sp³-hybridized carbons (Fsp3) is 0.235. The number of benzene rings is 2. The van der Waals surface area contributed by atoms with Crippen LogP contribution < -0.4 is 4.74 Å². The lowest BCUT2D eigenvalue weighted by Crippen LogP contribution is -1.96. The van der Waals surface area contributed by atoms with E-state index >= 15 is 0 Å². The molecule has 0 amide bonds. The van der Waals surface area contributed by atoms with E-state index in [-0.39, 0.29) is 0 Å². The Morgan fingerprint density at radius 3 is 2.55 bits per heavy atom. The second kappa shape index (κ2) is 7.11. The average Bonchev–Trinajstić information content (AvgIpc) is 2.46. The monoisotopic (exact) mass is 287 g/mol. The lowest BCUT2D eigenvalue weighted by molar-refractivity contribution is 0.317. The van der Waals surface area contributed by atoms with E-state index in [1.807, 2.05) is 42.5 Å². The van der Waals surface area contributed by atoms with Crippen LogP contribution in [0.3, 0.4) is 0 Å². The zero-order valence-corrected chi connectivity index (χ0v) is 12.5. The molecule has 0 aliphatic heterocycles. The molecule has 0 aliphatic rings. The first-order chi connectivity index (χ1) is 9.69. The Hall–Kier alpha value is -1.80. The molecule has 0 unspecified atom stereocenters. The maximum atomic E-state index is 6.18. The van der Waals surface area contributed by atoms with Gasteiger partial charge in [0.2, 0.25) is 0 Å². The standard InChI is InChI=1S/C17H18ClNO/c1-3-10-20-17-9-6-14(11-16(17)18)12-19-15-7-4-13(2)5-8-15/h4-9,11-12H,3,10H2,1-2H3. The molecule has 0 N–H and O–H groups in total. The van der Waals surface area contributed by atoms with E-state index in [9.17, 15) is 0 Å². The van der Waals surface area contributed by atoms with Crippen LogP contribution in [0.2, 0.25) is 5.02 Å². The number of ether oxygens (including phenoxy) is 1. The smallest absolute Gasteiger partial charge is 0.137 e. The van der Waals surface area contributed by atoms with E-state index in [1.165, 1.54) is 5.56 Å². The largest absolute Gasteiger partial charge is 0.492 e. The maximum Gasteiger partial charge on any atom is 0.137 e. The molecule has 0 bridgehead atoms. The van der Waals surface area contributed by atoms with Gasteiger partial charge in [-0.1, -0.05) is 36.2 Å². The summed E-state index contributed by atoms with van der Waals surface area (Å²) in [5.41, 5.74) is 3.11. The Balaban J connectivity index is 2.09. The minimum atomic E-state index is 0.617. The summed E-state index contributed by atoms with van der Waals surface area (Å²) in [6, 6.07) is 13.8. The van der Waals surface area contributed by atoms with Gasteiger partial charge in [-0.3, -0.25) is 4.99 Å². The van der Waals surface area contributed by atoms with Crippen LogP contribution in [0.1, 0.15) is 24.5 Å². The molecule has 0 radical (unpaired) electrons. The van der Waals surface area contributed by atoms with Gasteiger partial charge in [-0.05, 0) is 49.2 Å². The number of hydrogen-bond donors (Lipinski definition) is 0. The summed E-state index contributed by atoms with van der Waals surface area (Å²) in [6.07, 6.45) is 2.77. The minimum absolute atomic E-state index is 0.617. The molecule has 2 nitrogen and oxygen atoms in total. The number of nitrogens with zero attached hydrogens (tertiary/aromatic N) is 1. The highest BCUT2D eigenvalue weighted by Crippen LogP contribution is 2.25. The molecule has 0 fully saturated rings. The SMILES string of the molecule is CCCOc1ccc(C=Nc2ccc(C)cc2)cc1Cl. The van der Waals surface area contributed by atoms with Gasteiger partial charge >= 0.3 is 0 Å². The highest BCUT2D eigenvalue weighted by molar-refractivity contribution is 6.32. The van der Waals surface area contributed by atoms with Crippen LogP contribution in [-0.4, -0.2) is 12.8 Å². The average molecular weight is 288 g/mol. The van der Waals surface area contributed by atoms with Crippen molar-refractivity contribution in [2.75, 3.05) is 6.61 Å². The van der Waals surface area contributed by atoms with Crippen LogP contribution in [0.5, 0.6) is 5.75 Å². The van der Waals surface area contributed by atoms with Crippen molar-refractivity contribution in [2.45, 2.75) is 20.3 Å². The van der Waals surface area contributed by atoms with Crippen LogP contribution in [0.4, 0.5) is 5.69 Å². The van der Waals surface area contributed by atoms with Gasteiger partial charge in [0.25, 0.3) is 0 Å². The van der Waals surface area contributed by atoms with E-state index in [4.69, 9.17) is 16.3 Å². The van der Waals surface area contributed by atoms with Crippen LogP contribution in [0, 0.1) is 6.92 Å². The van der Waals surface area contributed by atoms with Gasteiger partial charge in [-0.2, -0.15) is 0 Å². The summed E-state index contributed by atoms with van der Waals surface area (Å²) < 4.78 is 5.54. The molecule has 0 saturated carbocycles. The third-order valence-electron chi connectivity index (χ3n) is 2.81. The lowest BCUT2D eigenvalue weighted by Gasteiger charge is -2.06. The molecule has 0 heterocycles. The molecule has 104 valence electrons. The van der Waals surface area contributed by atoms with Crippen molar-refractivity contribution >= 4 is 23.5 Å². The Kier molecular flexibility index (Phi) is 5.19. The number of hydrogen-bond acceptors (Lipinski definition) is 2. The third kappa shape index (κ3) is 4.10. The van der Waals surface area contributed by atoms with Gasteiger partial charge in [-0.25, -0.2) is 0 Å². The van der Waals surface area contributed by atoms with E-state index in [0.717, 1.165) is 23.4 Å². The summed E-state index contributed by atoms with van der Waals surface area (Å²) in [5.74, 6) is 0.723. The molecule has 3 heteroatoms. The molecule has 0 atom stereocenters. The van der Waals surface area contributed by atoms with Crippen molar-refractivity contribution in [1.29, 1.82) is 0 Å². The Labute approximate surface area is 125 Å². The van der Waals surface area contributed by atoms with Crippen LogP contribution >= 0.6 is 11.6 Å². The Morgan fingerprint density at radius 2 is 1.90 bits per heavy atom. The van der Waals surface area contributed by atoms with Crippen LogP contribution in [0.15, 0.2) is 47.5 Å². The second-order valence-electron chi connectivity index (χ2n) is 4.63. The summed E-state index contributed by atoms with van der Waals surface area (Å²) in [4.78, 5) is 4.43. The molecule has 2 rings (SSSR count). The van der Waals surface area contributed by atoms with Gasteiger partial charge in [0, 0.05) is 6.21 Å². The predicted molar refractivity (Wildman–Crippen MR) is 85.7 cm³/mol. The van der Waals surface area contributed by atoms with Gasteiger partial charge in [-0.15, -0.1) is 0 Å². The Morgan fingerprint density at radius 1 is 1.15 bits per heavy atom. The minimum Gasteiger partial charge on any atom is -0.492 e. The summed E-state index contributed by atoms with van der Waals surface area (Å²) in [6.45, 7) is 4.80. The molecular formula is C17H18ClNO. The van der Waals surface area contributed by atoms with E-state index in [0.29, 0.717) is 11.6 Å². The van der Waals surface area contributed by atoms with Crippen molar-refractivity contribution < 1.29 is 4.74 Å². The van der Waals surface area contributed by atoms with Crippen molar-refractivity contribution in [2.24, 2.45) is 4.99 Å². The summed E-state index contributed by atoms with van der Waals surface area (Å²) in [5, 5.41) is 0.617. The highest BCUT2D eigenvalue weighted by atomic mass is 35.5. The predicted octanol–water partition coefficient (Wildman–Crippen LogP) is 5.19. The molecule has 0 spiro atoms. The lowest BCUT2D eigenvalue weighted by atomic mass is 10.2. The zero-order valence-electron chi connectivity index (χ0n) is 11.8. The van der Waals surface area contributed by atoms with Gasteiger partial charge in [0.05, 0.1) is 17.3 Å². The number of halogens is 1. The molecule has 0 aromatic heterocycles. The molecule has 2 aromatic carbocycles. The maximum absolute atomic E-state index is 6.18. The number of rotatable bonds is 5. The van der Waals surface area contributed by atoms with E-state index in [1.54, 1.807) is 6.21 Å². The van der Waals surface area contributed by atoms with Crippen molar-refractivity contribution in [3.63, 3.8) is 0 Å². The molecular weight excluding hydrogens is 270 g/mol. The van der Waals surface area contributed by atoms with E-state index < -0.39 is 0 Å². The number of aryl methyl sites for hydroxylation is 1. The number of aliphatic imine (C=N–C) groups is 1. The highest BCUT2D eigenvalue weighted by Gasteiger charge is 2.01. The van der Waals surface area contributed by atoms with Gasteiger partial charge < -0.3 is 4.74 Å². The third-order valence-corrected chi connectivity index (χ3v) is 3.11. The quantitative estimate of drug-likeness (QED) is 0.694. The molecule has 2 aromatic rings. The van der Waals surface area contributed by atoms with Gasteiger partial charge in [0.15, 0.2) is 0 Å². The fourth-order valence-corrected chi connectivity index (χ4v) is 1.95.